The molecule has 9 heteroatoms. The molecule has 0 bridgehead atoms. The average Bonchev–Trinajstić information content (AvgIpc) is 3.27. The average molecular weight is 488 g/mol. The largest absolute Gasteiger partial charge is 0.376 e. The number of aromatic nitrogens is 3. The molecule has 1 aromatic carbocycles. The molecule has 2 aromatic rings. The van der Waals surface area contributed by atoms with Crippen LogP contribution in [0.15, 0.2) is 29.3 Å². The topological polar surface area (TPSA) is 76.4 Å². The second-order valence-electron chi connectivity index (χ2n) is 6.38. The molecule has 0 aliphatic carbocycles. The maximum atomic E-state index is 13.0. The third kappa shape index (κ3) is 6.42. The van der Waals surface area contributed by atoms with E-state index in [0.717, 1.165) is 36.7 Å². The molecule has 1 saturated heterocycles. The number of ether oxygens (including phenoxy) is 1. The van der Waals surface area contributed by atoms with Crippen LogP contribution in [0.5, 0.6) is 0 Å². The molecule has 1 aliphatic rings. The van der Waals surface area contributed by atoms with E-state index in [2.05, 4.69) is 25.8 Å². The van der Waals surface area contributed by atoms with Gasteiger partial charge in [0.05, 0.1) is 19.2 Å². The van der Waals surface area contributed by atoms with Crippen molar-refractivity contribution in [3.63, 3.8) is 0 Å². The van der Waals surface area contributed by atoms with E-state index in [0.29, 0.717) is 25.6 Å². The van der Waals surface area contributed by atoms with Gasteiger partial charge in [0.1, 0.15) is 11.6 Å². The number of rotatable bonds is 6. The predicted molar refractivity (Wildman–Crippen MR) is 113 cm³/mol. The number of hydrogen-bond donors (Lipinski definition) is 2. The first-order chi connectivity index (χ1) is 12.6. The maximum absolute atomic E-state index is 13.0. The molecular weight excluding hydrogens is 462 g/mol. The minimum absolute atomic E-state index is 0. The Morgan fingerprint density at radius 2 is 2.07 bits per heavy atom. The van der Waals surface area contributed by atoms with Gasteiger partial charge in [-0.2, -0.15) is 0 Å². The number of nitrogens with one attached hydrogen (secondary N) is 2. The SMILES string of the molecule is Cc1nnc(CNC(=NCc2ccc(F)cc2)NCC2CCCO2)n1C.I. The van der Waals surface area contributed by atoms with Crippen LogP contribution in [0.3, 0.4) is 0 Å². The number of halogens is 2. The smallest absolute Gasteiger partial charge is 0.192 e. The van der Waals surface area contributed by atoms with Crippen LogP contribution in [0.2, 0.25) is 0 Å². The molecule has 0 radical (unpaired) electrons. The van der Waals surface area contributed by atoms with Gasteiger partial charge in [0.15, 0.2) is 11.8 Å². The lowest BCUT2D eigenvalue weighted by atomic mass is 10.2. The van der Waals surface area contributed by atoms with Crippen molar-refractivity contribution in [3.8, 4) is 0 Å². The van der Waals surface area contributed by atoms with Crippen LogP contribution in [-0.2, 0) is 24.9 Å². The first kappa shape index (κ1) is 21.5. The molecule has 148 valence electrons. The van der Waals surface area contributed by atoms with Crippen LogP contribution in [0, 0.1) is 12.7 Å². The van der Waals surface area contributed by atoms with Gasteiger partial charge in [0.25, 0.3) is 0 Å². The van der Waals surface area contributed by atoms with Crippen LogP contribution in [0.1, 0.15) is 30.1 Å². The van der Waals surface area contributed by atoms with Gasteiger partial charge in [-0.15, -0.1) is 34.2 Å². The van der Waals surface area contributed by atoms with Gasteiger partial charge in [-0.25, -0.2) is 9.38 Å². The zero-order valence-corrected chi connectivity index (χ0v) is 17.9. The second-order valence-corrected chi connectivity index (χ2v) is 6.38. The van der Waals surface area contributed by atoms with E-state index in [1.54, 1.807) is 12.1 Å². The van der Waals surface area contributed by atoms with Crippen molar-refractivity contribution in [1.82, 2.24) is 25.4 Å². The number of hydrogen-bond acceptors (Lipinski definition) is 4. The second kappa shape index (κ2) is 10.5. The Morgan fingerprint density at radius 1 is 1.30 bits per heavy atom. The van der Waals surface area contributed by atoms with E-state index in [1.165, 1.54) is 12.1 Å². The third-order valence-electron chi connectivity index (χ3n) is 4.45. The molecule has 1 fully saturated rings. The molecular formula is C18H26FIN6O. The number of benzene rings is 1. The molecule has 27 heavy (non-hydrogen) atoms. The highest BCUT2D eigenvalue weighted by atomic mass is 127. The van der Waals surface area contributed by atoms with Gasteiger partial charge in [-0.3, -0.25) is 0 Å². The van der Waals surface area contributed by atoms with E-state index in [-0.39, 0.29) is 35.9 Å². The molecule has 0 spiro atoms. The van der Waals surface area contributed by atoms with E-state index in [9.17, 15) is 4.39 Å². The zero-order valence-electron chi connectivity index (χ0n) is 15.6. The van der Waals surface area contributed by atoms with E-state index >= 15 is 0 Å². The standard InChI is InChI=1S/C18H25FN6O.HI/c1-13-23-24-17(25(13)2)12-22-18(21-11-16-4-3-9-26-16)20-10-14-5-7-15(19)8-6-14;/h5-8,16H,3-4,9-12H2,1-2H3,(H2,20,21,22);1H. The summed E-state index contributed by atoms with van der Waals surface area (Å²) < 4.78 is 20.6. The zero-order chi connectivity index (χ0) is 18.4. The van der Waals surface area contributed by atoms with Gasteiger partial charge in [-0.1, -0.05) is 12.1 Å². The number of aryl methyl sites for hydroxylation is 1. The highest BCUT2D eigenvalue weighted by Crippen LogP contribution is 2.10. The predicted octanol–water partition coefficient (Wildman–Crippen LogP) is 2.30. The van der Waals surface area contributed by atoms with Gasteiger partial charge in [-0.05, 0) is 37.5 Å². The highest BCUT2D eigenvalue weighted by Gasteiger charge is 2.16. The van der Waals surface area contributed by atoms with Crippen LogP contribution in [0.4, 0.5) is 4.39 Å². The monoisotopic (exact) mass is 488 g/mol. The number of guanidine groups is 1. The molecule has 1 unspecified atom stereocenters. The van der Waals surface area contributed by atoms with Crippen LogP contribution < -0.4 is 10.6 Å². The van der Waals surface area contributed by atoms with E-state index in [1.807, 2.05) is 18.5 Å². The first-order valence-electron chi connectivity index (χ1n) is 8.85. The lowest BCUT2D eigenvalue weighted by molar-refractivity contribution is 0.113. The summed E-state index contributed by atoms with van der Waals surface area (Å²) in [6.45, 7) is 4.40. The molecule has 3 rings (SSSR count). The Bertz CT molecular complexity index is 743. The molecule has 0 amide bonds. The summed E-state index contributed by atoms with van der Waals surface area (Å²) in [5.74, 6) is 2.12. The van der Waals surface area contributed by atoms with Crippen molar-refractivity contribution in [2.45, 2.75) is 39.0 Å². The lowest BCUT2D eigenvalue weighted by Crippen LogP contribution is -2.41. The van der Waals surface area contributed by atoms with Crippen molar-refractivity contribution < 1.29 is 9.13 Å². The molecule has 1 atom stereocenters. The summed E-state index contributed by atoms with van der Waals surface area (Å²) in [6, 6.07) is 6.37. The van der Waals surface area contributed by atoms with Crippen molar-refractivity contribution >= 4 is 29.9 Å². The Kier molecular flexibility index (Phi) is 8.42. The molecule has 1 aromatic heterocycles. The minimum Gasteiger partial charge on any atom is -0.376 e. The van der Waals surface area contributed by atoms with Gasteiger partial charge >= 0.3 is 0 Å². The summed E-state index contributed by atoms with van der Waals surface area (Å²) in [7, 11) is 1.93. The van der Waals surface area contributed by atoms with Gasteiger partial charge < -0.3 is 19.9 Å². The quantitative estimate of drug-likeness (QED) is 0.371. The van der Waals surface area contributed by atoms with Gasteiger partial charge in [0.2, 0.25) is 0 Å². The molecule has 0 saturated carbocycles. The highest BCUT2D eigenvalue weighted by molar-refractivity contribution is 14.0. The summed E-state index contributed by atoms with van der Waals surface area (Å²) >= 11 is 0. The van der Waals surface area contributed by atoms with Crippen LogP contribution in [-0.4, -0.2) is 40.0 Å². The van der Waals surface area contributed by atoms with Crippen molar-refractivity contribution in [3.05, 3.63) is 47.3 Å². The Morgan fingerprint density at radius 3 is 2.70 bits per heavy atom. The fourth-order valence-electron chi connectivity index (χ4n) is 2.72. The molecule has 2 N–H and O–H groups in total. The number of aliphatic imine (C=N–C) groups is 1. The summed E-state index contributed by atoms with van der Waals surface area (Å²) in [5, 5.41) is 14.8. The van der Waals surface area contributed by atoms with E-state index < -0.39 is 0 Å². The Hall–Kier alpha value is -1.75. The summed E-state index contributed by atoms with van der Waals surface area (Å²) in [6.07, 6.45) is 2.37. The molecule has 2 heterocycles. The Labute approximate surface area is 175 Å². The first-order valence-corrected chi connectivity index (χ1v) is 8.85. The fraction of sp³-hybridized carbons (Fsp3) is 0.500. The molecule has 1 aliphatic heterocycles. The maximum Gasteiger partial charge on any atom is 0.192 e. The normalized spacial score (nSPS) is 16.9. The van der Waals surface area contributed by atoms with Crippen molar-refractivity contribution in [2.24, 2.45) is 12.0 Å². The van der Waals surface area contributed by atoms with Gasteiger partial charge in [0, 0.05) is 20.2 Å². The Balaban J connectivity index is 0.00000261. The van der Waals surface area contributed by atoms with Crippen molar-refractivity contribution in [1.29, 1.82) is 0 Å². The number of nitrogens with zero attached hydrogens (tertiary/aromatic N) is 4. The summed E-state index contributed by atoms with van der Waals surface area (Å²) in [4.78, 5) is 4.60. The fourth-order valence-corrected chi connectivity index (χ4v) is 2.72. The lowest BCUT2D eigenvalue weighted by Gasteiger charge is -2.15. The third-order valence-corrected chi connectivity index (χ3v) is 4.45. The van der Waals surface area contributed by atoms with Crippen LogP contribution >= 0.6 is 24.0 Å². The van der Waals surface area contributed by atoms with Crippen molar-refractivity contribution in [2.75, 3.05) is 13.2 Å². The van der Waals surface area contributed by atoms with Crippen LogP contribution in [0.25, 0.3) is 0 Å². The molecule has 7 nitrogen and oxygen atoms in total. The van der Waals surface area contributed by atoms with E-state index in [4.69, 9.17) is 4.74 Å². The minimum atomic E-state index is -0.245. The summed E-state index contributed by atoms with van der Waals surface area (Å²) in [5.41, 5.74) is 0.944.